The predicted octanol–water partition coefficient (Wildman–Crippen LogP) is 3.66. The second kappa shape index (κ2) is 10.3. The zero-order valence-electron chi connectivity index (χ0n) is 19.1. The molecular weight excluding hydrogens is 452 g/mol. The molecule has 0 radical (unpaired) electrons. The van der Waals surface area contributed by atoms with Crippen molar-refractivity contribution in [3.8, 4) is 11.4 Å². The molecule has 0 spiro atoms. The van der Waals surface area contributed by atoms with Crippen molar-refractivity contribution in [3.05, 3.63) is 78.7 Å². The van der Waals surface area contributed by atoms with E-state index in [1.165, 1.54) is 4.31 Å². The second-order valence-corrected chi connectivity index (χ2v) is 10.3. The minimum atomic E-state index is -3.67. The molecule has 34 heavy (non-hydrogen) atoms. The monoisotopic (exact) mass is 480 g/mol. The first-order valence-electron chi connectivity index (χ1n) is 11.2. The van der Waals surface area contributed by atoms with Crippen LogP contribution < -0.4 is 0 Å². The van der Waals surface area contributed by atoms with Crippen molar-refractivity contribution < 1.29 is 17.7 Å². The predicted molar refractivity (Wildman–Crippen MR) is 128 cm³/mol. The van der Waals surface area contributed by atoms with Crippen LogP contribution in [0.1, 0.15) is 24.3 Å². The molecule has 1 aliphatic rings. The van der Waals surface area contributed by atoms with E-state index >= 15 is 0 Å². The van der Waals surface area contributed by atoms with Crippen LogP contribution in [0.25, 0.3) is 11.4 Å². The molecule has 2 aromatic carbocycles. The highest BCUT2D eigenvalue weighted by atomic mass is 32.2. The lowest BCUT2D eigenvalue weighted by Gasteiger charge is -2.33. The number of carbonyl (C=O) groups is 1. The number of benzene rings is 2. The van der Waals surface area contributed by atoms with Gasteiger partial charge < -0.3 is 9.42 Å². The van der Waals surface area contributed by atoms with E-state index in [2.05, 4.69) is 16.7 Å². The highest BCUT2D eigenvalue weighted by molar-refractivity contribution is 7.89. The van der Waals surface area contributed by atoms with E-state index in [-0.39, 0.29) is 23.9 Å². The summed E-state index contributed by atoms with van der Waals surface area (Å²) in [6.45, 7) is 6.63. The largest absolute Gasteiger partial charge is 0.337 e. The van der Waals surface area contributed by atoms with E-state index in [4.69, 9.17) is 4.52 Å². The van der Waals surface area contributed by atoms with E-state index in [0.29, 0.717) is 37.6 Å². The summed E-state index contributed by atoms with van der Waals surface area (Å²) in [5.74, 6) is 0.164. The minimum absolute atomic E-state index is 0.131. The zero-order valence-corrected chi connectivity index (χ0v) is 19.9. The molecule has 0 saturated carbocycles. The lowest BCUT2D eigenvalue weighted by molar-refractivity contribution is -0.137. The Balaban J connectivity index is 1.47. The van der Waals surface area contributed by atoms with Crippen LogP contribution in [0.15, 0.2) is 76.7 Å². The SMILES string of the molecule is C=CCN(Cc1nc(-c2ccccc2)no1)C(=O)[C@@H]1CCCN(S(=O)(=O)c2ccc(C)cc2)C1. The third-order valence-corrected chi connectivity index (χ3v) is 7.76. The normalized spacial score (nSPS) is 16.8. The molecule has 1 aliphatic heterocycles. The second-order valence-electron chi connectivity index (χ2n) is 8.40. The molecule has 0 bridgehead atoms. The molecule has 1 aromatic heterocycles. The maximum atomic E-state index is 13.4. The zero-order chi connectivity index (χ0) is 24.1. The first kappa shape index (κ1) is 23.8. The van der Waals surface area contributed by atoms with E-state index < -0.39 is 15.9 Å². The average molecular weight is 481 g/mol. The Labute approximate surface area is 199 Å². The Morgan fingerprint density at radius 2 is 1.94 bits per heavy atom. The topological polar surface area (TPSA) is 96.6 Å². The molecule has 2 heterocycles. The smallest absolute Gasteiger partial charge is 0.246 e. The fourth-order valence-corrected chi connectivity index (χ4v) is 5.58. The number of aromatic nitrogens is 2. The highest BCUT2D eigenvalue weighted by Crippen LogP contribution is 2.26. The van der Waals surface area contributed by atoms with Crippen molar-refractivity contribution >= 4 is 15.9 Å². The summed E-state index contributed by atoms with van der Waals surface area (Å²) in [6, 6.07) is 16.2. The number of rotatable bonds is 8. The van der Waals surface area contributed by atoms with E-state index in [1.807, 2.05) is 37.3 Å². The molecule has 1 atom stereocenters. The summed E-state index contributed by atoms with van der Waals surface area (Å²) in [4.78, 5) is 19.6. The van der Waals surface area contributed by atoms with Crippen LogP contribution in [0.2, 0.25) is 0 Å². The third-order valence-electron chi connectivity index (χ3n) is 5.88. The maximum absolute atomic E-state index is 13.4. The summed E-state index contributed by atoms with van der Waals surface area (Å²) >= 11 is 0. The Bertz CT molecular complexity index is 1240. The van der Waals surface area contributed by atoms with Crippen molar-refractivity contribution in [3.63, 3.8) is 0 Å². The first-order chi connectivity index (χ1) is 16.4. The number of aryl methyl sites for hydroxylation is 1. The van der Waals surface area contributed by atoms with Crippen molar-refractivity contribution in [1.82, 2.24) is 19.3 Å². The van der Waals surface area contributed by atoms with E-state index in [9.17, 15) is 13.2 Å². The van der Waals surface area contributed by atoms with Gasteiger partial charge in [0.25, 0.3) is 0 Å². The molecule has 0 aliphatic carbocycles. The molecule has 1 amide bonds. The molecule has 4 rings (SSSR count). The number of sulfonamides is 1. The number of carbonyl (C=O) groups excluding carboxylic acids is 1. The van der Waals surface area contributed by atoms with E-state index in [0.717, 1.165) is 11.1 Å². The Morgan fingerprint density at radius 3 is 2.65 bits per heavy atom. The van der Waals surface area contributed by atoms with Gasteiger partial charge in [-0.05, 0) is 31.9 Å². The Kier molecular flexibility index (Phi) is 7.23. The summed E-state index contributed by atoms with van der Waals surface area (Å²) < 4.78 is 33.1. The first-order valence-corrected chi connectivity index (χ1v) is 12.7. The maximum Gasteiger partial charge on any atom is 0.246 e. The van der Waals surface area contributed by atoms with Gasteiger partial charge in [-0.25, -0.2) is 8.42 Å². The van der Waals surface area contributed by atoms with Crippen LogP contribution in [-0.4, -0.2) is 53.3 Å². The molecule has 1 fully saturated rings. The molecule has 178 valence electrons. The van der Waals surface area contributed by atoms with Crippen molar-refractivity contribution in [2.24, 2.45) is 5.92 Å². The number of hydrogen-bond acceptors (Lipinski definition) is 6. The molecule has 8 nitrogen and oxygen atoms in total. The van der Waals surface area contributed by atoms with Gasteiger partial charge in [0, 0.05) is 25.2 Å². The van der Waals surface area contributed by atoms with E-state index in [1.54, 1.807) is 35.2 Å². The van der Waals surface area contributed by atoms with Gasteiger partial charge in [0.05, 0.1) is 10.8 Å². The lowest BCUT2D eigenvalue weighted by atomic mass is 9.98. The van der Waals surface area contributed by atoms with Crippen LogP contribution in [0, 0.1) is 12.8 Å². The van der Waals surface area contributed by atoms with Crippen LogP contribution >= 0.6 is 0 Å². The van der Waals surface area contributed by atoms with Crippen LogP contribution in [-0.2, 0) is 21.4 Å². The standard InChI is InChI=1S/C25H28N4O4S/c1-3-15-28(18-23-26-24(27-33-23)20-8-5-4-6-9-20)25(30)21-10-7-16-29(17-21)34(31,32)22-13-11-19(2)12-14-22/h3-6,8-9,11-14,21H,1,7,10,15-18H2,2H3/t21-/m1/s1. The number of piperidine rings is 1. The highest BCUT2D eigenvalue weighted by Gasteiger charge is 2.35. The lowest BCUT2D eigenvalue weighted by Crippen LogP contribution is -2.46. The summed E-state index contributed by atoms with van der Waals surface area (Å²) in [6.07, 6.45) is 2.86. The van der Waals surface area contributed by atoms with Crippen LogP contribution in [0.4, 0.5) is 0 Å². The van der Waals surface area contributed by atoms with Crippen molar-refractivity contribution in [1.29, 1.82) is 0 Å². The summed E-state index contributed by atoms with van der Waals surface area (Å²) in [5, 5.41) is 4.02. The van der Waals surface area contributed by atoms with Gasteiger partial charge in [0.15, 0.2) is 0 Å². The van der Waals surface area contributed by atoms with Gasteiger partial charge in [-0.1, -0.05) is 59.3 Å². The minimum Gasteiger partial charge on any atom is -0.337 e. The van der Waals surface area contributed by atoms with Gasteiger partial charge in [-0.15, -0.1) is 6.58 Å². The van der Waals surface area contributed by atoms with Gasteiger partial charge in [-0.3, -0.25) is 4.79 Å². The van der Waals surface area contributed by atoms with Gasteiger partial charge in [0.2, 0.25) is 27.6 Å². The average Bonchev–Trinajstić information content (AvgIpc) is 3.33. The summed E-state index contributed by atoms with van der Waals surface area (Å²) in [7, 11) is -3.67. The molecular formula is C25H28N4O4S. The molecule has 0 unspecified atom stereocenters. The van der Waals surface area contributed by atoms with Crippen LogP contribution in [0.3, 0.4) is 0 Å². The summed E-state index contributed by atoms with van der Waals surface area (Å²) in [5.41, 5.74) is 1.81. The van der Waals surface area contributed by atoms with Crippen molar-refractivity contribution in [2.75, 3.05) is 19.6 Å². The molecule has 1 saturated heterocycles. The fourth-order valence-electron chi connectivity index (χ4n) is 4.05. The van der Waals surface area contributed by atoms with Crippen LogP contribution in [0.5, 0.6) is 0 Å². The number of hydrogen-bond donors (Lipinski definition) is 0. The molecule has 0 N–H and O–H groups in total. The Hall–Kier alpha value is -3.30. The Morgan fingerprint density at radius 1 is 1.21 bits per heavy atom. The van der Waals surface area contributed by atoms with Gasteiger partial charge in [0.1, 0.15) is 6.54 Å². The number of amides is 1. The number of nitrogens with zero attached hydrogens (tertiary/aromatic N) is 4. The molecule has 3 aromatic rings. The van der Waals surface area contributed by atoms with Crippen molar-refractivity contribution in [2.45, 2.75) is 31.2 Å². The van der Waals surface area contributed by atoms with Gasteiger partial charge in [-0.2, -0.15) is 9.29 Å². The third kappa shape index (κ3) is 5.26. The molecule has 9 heteroatoms. The quantitative estimate of drug-likeness (QED) is 0.457. The fraction of sp³-hybridized carbons (Fsp3) is 0.320. The van der Waals surface area contributed by atoms with Gasteiger partial charge >= 0.3 is 0 Å².